The van der Waals surface area contributed by atoms with Crippen LogP contribution in [0.2, 0.25) is 0 Å². The summed E-state index contributed by atoms with van der Waals surface area (Å²) >= 11 is -2.82. The van der Waals surface area contributed by atoms with Crippen molar-refractivity contribution in [3.8, 4) is 5.75 Å². The second-order valence-electron chi connectivity index (χ2n) is 6.47. The number of rotatable bonds is 8. The average molecular weight is 516 g/mol. The number of carbonyl (C=O) groups is 3. The van der Waals surface area contributed by atoms with Crippen molar-refractivity contribution in [1.82, 2.24) is 0 Å². The summed E-state index contributed by atoms with van der Waals surface area (Å²) in [5, 5.41) is 10.3. The van der Waals surface area contributed by atoms with Gasteiger partial charge in [-0.25, -0.2) is 0 Å². The SMILES string of the molecule is COI(c1ccccc1)C(C(=O)c1ccccc1)C(=O)c1cc(C(C)=O)ccc1O. The molecule has 3 rings (SSSR count). The van der Waals surface area contributed by atoms with E-state index in [1.54, 1.807) is 30.3 Å². The summed E-state index contributed by atoms with van der Waals surface area (Å²) in [7, 11) is 1.50. The van der Waals surface area contributed by atoms with Crippen LogP contribution in [0.3, 0.4) is 0 Å². The van der Waals surface area contributed by atoms with E-state index in [-0.39, 0.29) is 22.9 Å². The third kappa shape index (κ3) is 4.66. The van der Waals surface area contributed by atoms with Gasteiger partial charge in [0.2, 0.25) is 0 Å². The Morgan fingerprint density at radius 2 is 1.43 bits per heavy atom. The number of Topliss-reactive ketones (excluding diaryl/α,β-unsaturated/α-hetero) is 3. The summed E-state index contributed by atoms with van der Waals surface area (Å²) < 4.78 is 5.50. The number of halogens is 1. The predicted molar refractivity (Wildman–Crippen MR) is 123 cm³/mol. The molecule has 0 fully saturated rings. The summed E-state index contributed by atoms with van der Waals surface area (Å²) in [6.07, 6.45) is 0. The van der Waals surface area contributed by atoms with Crippen molar-refractivity contribution in [2.75, 3.05) is 7.11 Å². The van der Waals surface area contributed by atoms with Gasteiger partial charge >= 0.3 is 183 Å². The van der Waals surface area contributed by atoms with Gasteiger partial charge in [0, 0.05) is 0 Å². The van der Waals surface area contributed by atoms with Gasteiger partial charge in [0.1, 0.15) is 0 Å². The molecule has 0 heterocycles. The monoisotopic (exact) mass is 516 g/mol. The third-order valence-electron chi connectivity index (χ3n) is 4.50. The number of aromatic hydroxyl groups is 1. The quantitative estimate of drug-likeness (QED) is 0.198. The molecule has 0 aliphatic rings. The van der Waals surface area contributed by atoms with Crippen LogP contribution >= 0.6 is 20.2 Å². The fraction of sp³-hybridized carbons (Fsp3) is 0.125. The van der Waals surface area contributed by atoms with Gasteiger partial charge in [-0.05, 0) is 0 Å². The first-order valence-corrected chi connectivity index (χ1v) is 12.4. The topological polar surface area (TPSA) is 80.7 Å². The van der Waals surface area contributed by atoms with Crippen molar-refractivity contribution in [3.05, 3.63) is 99.1 Å². The van der Waals surface area contributed by atoms with Crippen LogP contribution in [0.4, 0.5) is 0 Å². The molecule has 3 aromatic rings. The van der Waals surface area contributed by atoms with Gasteiger partial charge < -0.3 is 0 Å². The predicted octanol–water partition coefficient (Wildman–Crippen LogP) is 4.97. The molecular weight excluding hydrogens is 495 g/mol. The summed E-state index contributed by atoms with van der Waals surface area (Å²) in [5.41, 5.74) is 0.639. The number of phenols is 1. The summed E-state index contributed by atoms with van der Waals surface area (Å²) in [6.45, 7) is 1.38. The molecule has 0 saturated carbocycles. The summed E-state index contributed by atoms with van der Waals surface area (Å²) in [5.74, 6) is -1.40. The molecule has 0 amide bonds. The van der Waals surface area contributed by atoms with E-state index in [0.717, 1.165) is 3.57 Å². The van der Waals surface area contributed by atoms with Crippen molar-refractivity contribution in [2.45, 2.75) is 10.8 Å². The fourth-order valence-corrected chi connectivity index (χ4v) is 7.56. The van der Waals surface area contributed by atoms with Gasteiger partial charge in [-0.2, -0.15) is 0 Å². The number of hydrogen-bond donors (Lipinski definition) is 1. The van der Waals surface area contributed by atoms with E-state index in [4.69, 9.17) is 3.07 Å². The molecule has 30 heavy (non-hydrogen) atoms. The Morgan fingerprint density at radius 1 is 0.833 bits per heavy atom. The molecule has 0 aromatic heterocycles. The van der Waals surface area contributed by atoms with Crippen molar-refractivity contribution in [3.63, 3.8) is 0 Å². The Morgan fingerprint density at radius 3 is 2.00 bits per heavy atom. The van der Waals surface area contributed by atoms with E-state index < -0.39 is 29.9 Å². The van der Waals surface area contributed by atoms with Crippen LogP contribution in [-0.4, -0.2) is 33.5 Å². The van der Waals surface area contributed by atoms with Crippen molar-refractivity contribution in [2.24, 2.45) is 0 Å². The van der Waals surface area contributed by atoms with E-state index in [2.05, 4.69) is 0 Å². The Kier molecular flexibility index (Phi) is 7.12. The molecule has 0 aliphatic carbocycles. The molecule has 0 bridgehead atoms. The average Bonchev–Trinajstić information content (AvgIpc) is 2.78. The van der Waals surface area contributed by atoms with E-state index in [1.165, 1.54) is 32.2 Å². The zero-order chi connectivity index (χ0) is 21.7. The van der Waals surface area contributed by atoms with Gasteiger partial charge in [-0.3, -0.25) is 0 Å². The zero-order valence-electron chi connectivity index (χ0n) is 16.5. The first-order valence-electron chi connectivity index (χ1n) is 9.19. The number of benzene rings is 3. The molecule has 0 aliphatic heterocycles. The minimum absolute atomic E-state index is 0.0488. The van der Waals surface area contributed by atoms with Crippen molar-refractivity contribution in [1.29, 1.82) is 0 Å². The molecule has 1 N–H and O–H groups in total. The van der Waals surface area contributed by atoms with E-state index in [1.807, 2.05) is 30.3 Å². The number of phenolic OH excluding ortho intramolecular Hbond substituents is 1. The number of ketones is 3. The molecule has 0 spiro atoms. The molecule has 1 unspecified atom stereocenters. The molecule has 3 aromatic carbocycles. The maximum absolute atomic E-state index is 13.6. The van der Waals surface area contributed by atoms with Crippen LogP contribution in [0.25, 0.3) is 0 Å². The summed E-state index contributed by atoms with van der Waals surface area (Å²) in [6, 6.07) is 21.9. The second-order valence-corrected chi connectivity index (χ2v) is 11.4. The van der Waals surface area contributed by atoms with Crippen molar-refractivity contribution >= 4 is 37.6 Å². The van der Waals surface area contributed by atoms with Crippen LogP contribution in [0, 0.1) is 3.57 Å². The summed E-state index contributed by atoms with van der Waals surface area (Å²) in [4.78, 5) is 38.8. The van der Waals surface area contributed by atoms with Crippen molar-refractivity contribution < 1.29 is 22.6 Å². The Balaban J connectivity index is 2.14. The second kappa shape index (κ2) is 9.77. The van der Waals surface area contributed by atoms with Crippen LogP contribution < -0.4 is 0 Å². The standard InChI is InChI=1S/C24H21IO5/c1-16(26)18-13-14-21(27)20(15-18)24(29)22(23(28)17-9-5-3-6-10-17)25(30-2)19-11-7-4-8-12-19/h3-15,22,27H,1-2H3. The zero-order valence-corrected chi connectivity index (χ0v) is 18.7. The van der Waals surface area contributed by atoms with Gasteiger partial charge in [0.15, 0.2) is 0 Å². The molecule has 0 saturated heterocycles. The van der Waals surface area contributed by atoms with Crippen LogP contribution in [-0.2, 0) is 3.07 Å². The van der Waals surface area contributed by atoms with Crippen LogP contribution in [0.1, 0.15) is 38.0 Å². The first-order chi connectivity index (χ1) is 14.4. The first kappa shape index (κ1) is 21.9. The third-order valence-corrected chi connectivity index (χ3v) is 9.66. The molecular formula is C24H21IO5. The number of hydrogen-bond acceptors (Lipinski definition) is 5. The van der Waals surface area contributed by atoms with Gasteiger partial charge in [-0.1, -0.05) is 0 Å². The van der Waals surface area contributed by atoms with E-state index >= 15 is 0 Å². The Hall–Kier alpha value is -2.84. The van der Waals surface area contributed by atoms with E-state index in [9.17, 15) is 19.5 Å². The van der Waals surface area contributed by atoms with Crippen LogP contribution in [0.15, 0.2) is 78.9 Å². The van der Waals surface area contributed by atoms with Gasteiger partial charge in [-0.15, -0.1) is 0 Å². The molecule has 0 radical (unpaired) electrons. The Bertz CT molecular complexity index is 1060. The molecule has 5 nitrogen and oxygen atoms in total. The molecule has 154 valence electrons. The van der Waals surface area contributed by atoms with E-state index in [0.29, 0.717) is 11.1 Å². The Labute approximate surface area is 182 Å². The van der Waals surface area contributed by atoms with Gasteiger partial charge in [0.25, 0.3) is 0 Å². The number of carbonyl (C=O) groups excluding carboxylic acids is 3. The number of alkyl halides is 1. The normalized spacial score (nSPS) is 12.1. The van der Waals surface area contributed by atoms with Gasteiger partial charge in [0.05, 0.1) is 0 Å². The molecule has 6 heteroatoms. The molecule has 1 atom stereocenters. The fourth-order valence-electron chi connectivity index (χ4n) is 2.98. The maximum atomic E-state index is 13.6. The van der Waals surface area contributed by atoms with Crippen LogP contribution in [0.5, 0.6) is 5.75 Å². The minimum atomic E-state index is -2.82.